The van der Waals surface area contributed by atoms with Crippen LogP contribution in [0.3, 0.4) is 0 Å². The Morgan fingerprint density at radius 1 is 1.26 bits per heavy atom. The number of hydrogen-bond donors (Lipinski definition) is 2. The number of H-pyrrole nitrogens is 1. The van der Waals surface area contributed by atoms with Crippen molar-refractivity contribution in [1.82, 2.24) is 4.98 Å². The van der Waals surface area contributed by atoms with E-state index in [4.69, 9.17) is 0 Å². The minimum atomic E-state index is -0.317. The average molecular weight is 258 g/mol. The van der Waals surface area contributed by atoms with Crippen LogP contribution in [0.25, 0.3) is 0 Å². The third-order valence-corrected chi connectivity index (χ3v) is 3.63. The molecule has 0 bridgehead atoms. The molecule has 3 rings (SSSR count). The van der Waals surface area contributed by atoms with Crippen molar-refractivity contribution >= 4 is 11.6 Å². The molecule has 0 spiro atoms. The number of carbonyl (C=O) groups excluding carboxylic acids is 1. The number of nitrogens with one attached hydrogen (secondary N) is 2. The highest BCUT2D eigenvalue weighted by Gasteiger charge is 2.31. The van der Waals surface area contributed by atoms with Crippen LogP contribution in [0, 0.1) is 19.7 Å². The fourth-order valence-electron chi connectivity index (χ4n) is 2.70. The van der Waals surface area contributed by atoms with Crippen LogP contribution in [0.1, 0.15) is 28.4 Å². The molecule has 1 aromatic heterocycles. The first-order valence-electron chi connectivity index (χ1n) is 6.30. The third-order valence-electron chi connectivity index (χ3n) is 3.63. The van der Waals surface area contributed by atoms with Crippen molar-refractivity contribution < 1.29 is 9.18 Å². The van der Waals surface area contributed by atoms with Gasteiger partial charge in [0.1, 0.15) is 5.82 Å². The number of rotatable bonds is 2. The van der Waals surface area contributed by atoms with E-state index in [0.717, 1.165) is 28.2 Å². The van der Waals surface area contributed by atoms with Crippen LogP contribution in [0.5, 0.6) is 0 Å². The maximum absolute atomic E-state index is 13.3. The van der Waals surface area contributed by atoms with Crippen LogP contribution >= 0.6 is 0 Å². The third kappa shape index (κ3) is 2.03. The summed E-state index contributed by atoms with van der Waals surface area (Å²) in [5.74, 6) is -0.686. The van der Waals surface area contributed by atoms with Gasteiger partial charge in [0.2, 0.25) is 5.91 Å². The monoisotopic (exact) mass is 258 g/mol. The highest BCUT2D eigenvalue weighted by molar-refractivity contribution is 6.03. The fraction of sp³-hybridized carbons (Fsp3) is 0.267. The predicted molar refractivity (Wildman–Crippen MR) is 71.7 cm³/mol. The van der Waals surface area contributed by atoms with E-state index in [1.807, 2.05) is 13.8 Å². The summed E-state index contributed by atoms with van der Waals surface area (Å²) >= 11 is 0. The van der Waals surface area contributed by atoms with Crippen molar-refractivity contribution in [1.29, 1.82) is 0 Å². The number of halogens is 1. The topological polar surface area (TPSA) is 44.9 Å². The van der Waals surface area contributed by atoms with E-state index < -0.39 is 0 Å². The van der Waals surface area contributed by atoms with E-state index in [1.54, 1.807) is 6.07 Å². The van der Waals surface area contributed by atoms with E-state index in [9.17, 15) is 9.18 Å². The number of amides is 1. The summed E-state index contributed by atoms with van der Waals surface area (Å²) in [5.41, 5.74) is 4.71. The number of anilines is 1. The summed E-state index contributed by atoms with van der Waals surface area (Å²) in [7, 11) is 0. The van der Waals surface area contributed by atoms with Gasteiger partial charge in [-0.2, -0.15) is 0 Å². The summed E-state index contributed by atoms with van der Waals surface area (Å²) in [6.45, 7) is 4.00. The number of benzene rings is 1. The smallest absolute Gasteiger partial charge is 0.232 e. The Morgan fingerprint density at radius 2 is 2.05 bits per heavy atom. The lowest BCUT2D eigenvalue weighted by molar-refractivity contribution is -0.117. The van der Waals surface area contributed by atoms with Crippen LogP contribution in [-0.2, 0) is 11.2 Å². The summed E-state index contributed by atoms with van der Waals surface area (Å²) < 4.78 is 13.3. The van der Waals surface area contributed by atoms with Crippen molar-refractivity contribution in [2.24, 2.45) is 0 Å². The van der Waals surface area contributed by atoms with Crippen molar-refractivity contribution in [3.63, 3.8) is 0 Å². The van der Waals surface area contributed by atoms with Gasteiger partial charge in [0, 0.05) is 23.5 Å². The first kappa shape index (κ1) is 12.0. The summed E-state index contributed by atoms with van der Waals surface area (Å²) in [5, 5.41) is 2.80. The molecule has 3 nitrogen and oxygen atoms in total. The van der Waals surface area contributed by atoms with Crippen molar-refractivity contribution in [3.05, 3.63) is 52.6 Å². The number of aromatic nitrogens is 1. The Hall–Kier alpha value is -2.10. The molecule has 1 unspecified atom stereocenters. The Morgan fingerprint density at radius 3 is 2.74 bits per heavy atom. The van der Waals surface area contributed by atoms with E-state index >= 15 is 0 Å². The molecule has 1 amide bonds. The van der Waals surface area contributed by atoms with Gasteiger partial charge in [-0.3, -0.25) is 4.79 Å². The predicted octanol–water partition coefficient (Wildman–Crippen LogP) is 3.05. The maximum atomic E-state index is 13.3. The van der Waals surface area contributed by atoms with Gasteiger partial charge in [-0.15, -0.1) is 0 Å². The van der Waals surface area contributed by atoms with Gasteiger partial charge < -0.3 is 10.3 Å². The molecule has 0 saturated carbocycles. The Kier molecular flexibility index (Phi) is 2.66. The molecule has 1 aliphatic rings. The Balaban J connectivity index is 1.96. The molecule has 1 atom stereocenters. The minimum Gasteiger partial charge on any atom is -0.362 e. The second kappa shape index (κ2) is 4.23. The number of aryl methyl sites for hydroxylation is 2. The van der Waals surface area contributed by atoms with E-state index in [1.165, 1.54) is 12.1 Å². The number of aromatic amines is 1. The summed E-state index contributed by atoms with van der Waals surface area (Å²) in [6, 6.07) is 6.48. The maximum Gasteiger partial charge on any atom is 0.232 e. The van der Waals surface area contributed by atoms with Gasteiger partial charge in [-0.1, -0.05) is 0 Å². The highest BCUT2D eigenvalue weighted by Crippen LogP contribution is 2.35. The van der Waals surface area contributed by atoms with E-state index in [2.05, 4.69) is 16.4 Å². The molecule has 19 heavy (non-hydrogen) atoms. The minimum absolute atomic E-state index is 0.0627. The normalized spacial score (nSPS) is 17.4. The molecule has 98 valence electrons. The first-order chi connectivity index (χ1) is 9.04. The highest BCUT2D eigenvalue weighted by atomic mass is 19.1. The molecular formula is C15H15FN2O. The van der Waals surface area contributed by atoms with Gasteiger partial charge in [0.05, 0.1) is 5.92 Å². The summed E-state index contributed by atoms with van der Waals surface area (Å²) in [6.07, 6.45) is 0.571. The molecule has 0 aliphatic carbocycles. The lowest BCUT2D eigenvalue weighted by atomic mass is 9.94. The Bertz CT molecular complexity index is 660. The molecule has 1 aliphatic heterocycles. The van der Waals surface area contributed by atoms with Crippen molar-refractivity contribution in [3.8, 4) is 0 Å². The fourth-order valence-corrected chi connectivity index (χ4v) is 2.70. The van der Waals surface area contributed by atoms with Crippen molar-refractivity contribution in [2.75, 3.05) is 5.32 Å². The number of fused-ring (bicyclic) bond motifs is 1. The van der Waals surface area contributed by atoms with Crippen molar-refractivity contribution in [2.45, 2.75) is 26.2 Å². The zero-order valence-corrected chi connectivity index (χ0v) is 10.9. The largest absolute Gasteiger partial charge is 0.362 e. The quantitative estimate of drug-likeness (QED) is 0.854. The van der Waals surface area contributed by atoms with Gasteiger partial charge in [-0.05, 0) is 49.2 Å². The molecule has 0 fully saturated rings. The second-order valence-electron chi connectivity index (χ2n) is 5.09. The van der Waals surface area contributed by atoms with E-state index in [0.29, 0.717) is 6.42 Å². The lowest BCUT2D eigenvalue weighted by Gasteiger charge is -2.08. The Labute approximate surface area is 110 Å². The molecule has 2 heterocycles. The standard InChI is InChI=1S/C15H15FN2O/c1-8-5-9(2)17-14(8)7-12-11-6-10(16)3-4-13(11)18-15(12)19/h3-6,12,17H,7H2,1-2H3,(H,18,19). The van der Waals surface area contributed by atoms with Crippen LogP contribution < -0.4 is 5.32 Å². The summed E-state index contributed by atoms with van der Waals surface area (Å²) in [4.78, 5) is 15.3. The second-order valence-corrected chi connectivity index (χ2v) is 5.09. The number of hydrogen-bond acceptors (Lipinski definition) is 1. The van der Waals surface area contributed by atoms with Crippen LogP contribution in [0.2, 0.25) is 0 Å². The first-order valence-corrected chi connectivity index (χ1v) is 6.30. The zero-order valence-electron chi connectivity index (χ0n) is 10.9. The molecular weight excluding hydrogens is 243 g/mol. The molecule has 0 radical (unpaired) electrons. The molecule has 4 heteroatoms. The van der Waals surface area contributed by atoms with Gasteiger partial charge in [0.25, 0.3) is 0 Å². The van der Waals surface area contributed by atoms with Gasteiger partial charge >= 0.3 is 0 Å². The van der Waals surface area contributed by atoms with Crippen LogP contribution in [0.4, 0.5) is 10.1 Å². The average Bonchev–Trinajstić information content (AvgIpc) is 2.81. The van der Waals surface area contributed by atoms with Crippen LogP contribution in [-0.4, -0.2) is 10.9 Å². The van der Waals surface area contributed by atoms with E-state index in [-0.39, 0.29) is 17.6 Å². The molecule has 2 N–H and O–H groups in total. The SMILES string of the molecule is Cc1cc(C)c(CC2C(=O)Nc3ccc(F)cc32)[nH]1. The van der Waals surface area contributed by atoms with Crippen LogP contribution in [0.15, 0.2) is 24.3 Å². The number of carbonyl (C=O) groups is 1. The molecule has 2 aromatic rings. The van der Waals surface area contributed by atoms with Gasteiger partial charge in [-0.25, -0.2) is 4.39 Å². The lowest BCUT2D eigenvalue weighted by Crippen LogP contribution is -2.14. The molecule has 1 aromatic carbocycles. The van der Waals surface area contributed by atoms with Gasteiger partial charge in [0.15, 0.2) is 0 Å². The molecule has 0 saturated heterocycles. The zero-order chi connectivity index (χ0) is 13.6.